The molecule has 7 heteroatoms. The fraction of sp³-hybridized carbons (Fsp3) is 0.556. The van der Waals surface area contributed by atoms with Crippen LogP contribution < -0.4 is 16.2 Å². The van der Waals surface area contributed by atoms with Gasteiger partial charge in [-0.3, -0.25) is 4.79 Å². The first-order valence-corrected chi connectivity index (χ1v) is 4.81. The summed E-state index contributed by atoms with van der Waals surface area (Å²) in [5.41, 5.74) is 5.73. The minimum atomic E-state index is -0.117. The Kier molecular flexibility index (Phi) is 6.40. The van der Waals surface area contributed by atoms with Gasteiger partial charge in [-0.25, -0.2) is 4.98 Å². The summed E-state index contributed by atoms with van der Waals surface area (Å²) in [7, 11) is 0. The molecule has 2 rings (SSSR count). The fourth-order valence-corrected chi connectivity index (χ4v) is 1.75. The van der Waals surface area contributed by atoms with Gasteiger partial charge in [0.05, 0.1) is 6.33 Å². The molecule has 1 fully saturated rings. The first-order valence-electron chi connectivity index (χ1n) is 4.81. The molecule has 1 aromatic heterocycles. The van der Waals surface area contributed by atoms with Crippen LogP contribution in [0, 0.1) is 0 Å². The van der Waals surface area contributed by atoms with Crippen LogP contribution in [0.3, 0.4) is 0 Å². The zero-order chi connectivity index (χ0) is 9.97. The zero-order valence-corrected chi connectivity index (χ0v) is 10.4. The average molecular weight is 267 g/mol. The Labute approximate surface area is 106 Å². The number of nitrogens with two attached hydrogens (primary N) is 1. The largest absolute Gasteiger partial charge is 0.355 e. The van der Waals surface area contributed by atoms with E-state index in [1.807, 2.05) is 0 Å². The summed E-state index contributed by atoms with van der Waals surface area (Å²) in [6.45, 7) is 1.72. The highest BCUT2D eigenvalue weighted by Gasteiger charge is 2.17. The smallest absolute Gasteiger partial charge is 0.252 e. The molecule has 1 atom stereocenters. The lowest BCUT2D eigenvalue weighted by Gasteiger charge is -2.31. The van der Waals surface area contributed by atoms with E-state index in [0.717, 1.165) is 31.7 Å². The van der Waals surface area contributed by atoms with E-state index in [2.05, 4.69) is 14.9 Å². The molecule has 3 N–H and O–H groups in total. The van der Waals surface area contributed by atoms with Crippen molar-refractivity contribution in [3.8, 4) is 0 Å². The summed E-state index contributed by atoms with van der Waals surface area (Å²) in [5.74, 6) is 0.726. The number of nitrogens with one attached hydrogen (secondary N) is 1. The number of anilines is 1. The van der Waals surface area contributed by atoms with Gasteiger partial charge in [0, 0.05) is 25.2 Å². The lowest BCUT2D eigenvalue weighted by molar-refractivity contribution is 0.503. The first-order chi connectivity index (χ1) is 6.75. The number of aromatic nitrogens is 2. The van der Waals surface area contributed by atoms with Crippen LogP contribution in [-0.4, -0.2) is 29.1 Å². The van der Waals surface area contributed by atoms with Crippen molar-refractivity contribution >= 4 is 30.6 Å². The molecule has 0 aliphatic carbocycles. The predicted molar refractivity (Wildman–Crippen MR) is 68.8 cm³/mol. The van der Waals surface area contributed by atoms with Gasteiger partial charge in [-0.2, -0.15) is 0 Å². The summed E-state index contributed by atoms with van der Waals surface area (Å²) in [5, 5.41) is 0. The number of aromatic amines is 1. The summed E-state index contributed by atoms with van der Waals surface area (Å²) in [6, 6.07) is 1.71. The van der Waals surface area contributed by atoms with Crippen LogP contribution in [0.25, 0.3) is 0 Å². The van der Waals surface area contributed by atoms with E-state index in [1.165, 1.54) is 12.4 Å². The van der Waals surface area contributed by atoms with Crippen molar-refractivity contribution in [1.82, 2.24) is 9.97 Å². The van der Waals surface area contributed by atoms with Crippen LogP contribution in [0.4, 0.5) is 5.82 Å². The first kappa shape index (κ1) is 15.2. The predicted octanol–water partition coefficient (Wildman–Crippen LogP) is 0.541. The number of nitrogens with zero attached hydrogens (tertiary/aromatic N) is 2. The number of rotatable bonds is 1. The number of halogens is 2. The lowest BCUT2D eigenvalue weighted by atomic mass is 10.1. The Morgan fingerprint density at radius 1 is 1.50 bits per heavy atom. The Bertz CT molecular complexity index is 371. The van der Waals surface area contributed by atoms with Crippen LogP contribution >= 0.6 is 24.8 Å². The van der Waals surface area contributed by atoms with E-state index in [4.69, 9.17) is 5.73 Å². The van der Waals surface area contributed by atoms with E-state index in [-0.39, 0.29) is 36.4 Å². The Morgan fingerprint density at radius 3 is 2.88 bits per heavy atom. The number of H-pyrrole nitrogens is 1. The topological polar surface area (TPSA) is 75.0 Å². The minimum absolute atomic E-state index is 0. The van der Waals surface area contributed by atoms with Crippen LogP contribution in [0.1, 0.15) is 12.8 Å². The minimum Gasteiger partial charge on any atom is -0.355 e. The normalized spacial score (nSPS) is 19.6. The summed E-state index contributed by atoms with van der Waals surface area (Å²) in [4.78, 5) is 19.7. The average Bonchev–Trinajstić information content (AvgIpc) is 2.18. The molecule has 0 aromatic carbocycles. The second kappa shape index (κ2) is 6.73. The molecular formula is C9H16Cl2N4O. The van der Waals surface area contributed by atoms with Gasteiger partial charge in [-0.15, -0.1) is 24.8 Å². The van der Waals surface area contributed by atoms with Crippen LogP contribution in [0.5, 0.6) is 0 Å². The molecule has 1 saturated heterocycles. The van der Waals surface area contributed by atoms with Crippen molar-refractivity contribution in [3.63, 3.8) is 0 Å². The van der Waals surface area contributed by atoms with Gasteiger partial charge >= 0.3 is 0 Å². The van der Waals surface area contributed by atoms with E-state index in [1.54, 1.807) is 0 Å². The Morgan fingerprint density at radius 2 is 2.25 bits per heavy atom. The van der Waals surface area contributed by atoms with E-state index in [0.29, 0.717) is 0 Å². The molecule has 5 nitrogen and oxygen atoms in total. The third-order valence-electron chi connectivity index (χ3n) is 2.45. The lowest BCUT2D eigenvalue weighted by Crippen LogP contribution is -2.43. The van der Waals surface area contributed by atoms with Gasteiger partial charge in [0.2, 0.25) is 0 Å². The number of piperidine rings is 1. The van der Waals surface area contributed by atoms with Gasteiger partial charge < -0.3 is 15.6 Å². The van der Waals surface area contributed by atoms with Gasteiger partial charge in [-0.05, 0) is 12.8 Å². The van der Waals surface area contributed by atoms with Crippen molar-refractivity contribution in [2.24, 2.45) is 5.73 Å². The Balaban J connectivity index is 0.00000112. The van der Waals surface area contributed by atoms with Gasteiger partial charge in [-0.1, -0.05) is 0 Å². The Hall–Kier alpha value is -0.780. The second-order valence-electron chi connectivity index (χ2n) is 3.62. The highest BCUT2D eigenvalue weighted by molar-refractivity contribution is 5.85. The highest BCUT2D eigenvalue weighted by Crippen LogP contribution is 2.14. The molecule has 1 aliphatic heterocycles. The van der Waals surface area contributed by atoms with E-state index >= 15 is 0 Å². The van der Waals surface area contributed by atoms with E-state index < -0.39 is 0 Å². The highest BCUT2D eigenvalue weighted by atomic mass is 35.5. The maximum Gasteiger partial charge on any atom is 0.252 e. The van der Waals surface area contributed by atoms with Crippen molar-refractivity contribution in [2.75, 3.05) is 18.0 Å². The molecule has 1 aliphatic rings. The maximum atomic E-state index is 11.1. The van der Waals surface area contributed by atoms with E-state index in [9.17, 15) is 4.79 Å². The van der Waals surface area contributed by atoms with Crippen molar-refractivity contribution in [1.29, 1.82) is 0 Å². The van der Waals surface area contributed by atoms with Gasteiger partial charge in [0.25, 0.3) is 5.56 Å². The molecule has 92 valence electrons. The third-order valence-corrected chi connectivity index (χ3v) is 2.45. The standard InChI is InChI=1S/C9H14N4O.2ClH/c10-7-2-1-3-13(5-7)8-4-9(14)12-6-11-8;;/h4,6-7H,1-3,5,10H2,(H,11,12,14);2*1H. The maximum absolute atomic E-state index is 11.1. The van der Waals surface area contributed by atoms with Crippen molar-refractivity contribution < 1.29 is 0 Å². The summed E-state index contributed by atoms with van der Waals surface area (Å²) in [6.07, 6.45) is 3.55. The van der Waals surface area contributed by atoms with Gasteiger partial charge in [0.15, 0.2) is 0 Å². The SMILES string of the molecule is Cl.Cl.NC1CCCN(c2cc(=O)[nH]cn2)C1. The molecule has 0 radical (unpaired) electrons. The zero-order valence-electron chi connectivity index (χ0n) is 8.76. The van der Waals surface area contributed by atoms with Crippen molar-refractivity contribution in [3.05, 3.63) is 22.7 Å². The van der Waals surface area contributed by atoms with Crippen LogP contribution in [0.2, 0.25) is 0 Å². The molecule has 16 heavy (non-hydrogen) atoms. The molecule has 0 amide bonds. The summed E-state index contributed by atoms with van der Waals surface area (Å²) < 4.78 is 0. The quantitative estimate of drug-likeness (QED) is 0.778. The third kappa shape index (κ3) is 3.66. The second-order valence-corrected chi connectivity index (χ2v) is 3.62. The fourth-order valence-electron chi connectivity index (χ4n) is 1.75. The molecule has 0 bridgehead atoms. The number of hydrogen-bond donors (Lipinski definition) is 2. The monoisotopic (exact) mass is 266 g/mol. The van der Waals surface area contributed by atoms with Gasteiger partial charge in [0.1, 0.15) is 5.82 Å². The summed E-state index contributed by atoms with van der Waals surface area (Å²) >= 11 is 0. The molecule has 0 spiro atoms. The molecule has 1 aromatic rings. The molecule has 0 saturated carbocycles. The molecule has 1 unspecified atom stereocenters. The molecular weight excluding hydrogens is 251 g/mol. The van der Waals surface area contributed by atoms with Crippen LogP contribution in [-0.2, 0) is 0 Å². The number of hydrogen-bond acceptors (Lipinski definition) is 4. The molecule has 2 heterocycles. The van der Waals surface area contributed by atoms with Crippen LogP contribution in [0.15, 0.2) is 17.2 Å². The van der Waals surface area contributed by atoms with Crippen molar-refractivity contribution in [2.45, 2.75) is 18.9 Å².